The number of methoxy groups -OCH3 is 1. The number of rotatable bonds is 7. The number of sulfonamides is 1. The lowest BCUT2D eigenvalue weighted by Crippen LogP contribution is -2.30. The van der Waals surface area contributed by atoms with Crippen molar-refractivity contribution < 1.29 is 17.6 Å². The second kappa shape index (κ2) is 7.23. The van der Waals surface area contributed by atoms with Gasteiger partial charge in [0.15, 0.2) is 4.67 Å². The van der Waals surface area contributed by atoms with E-state index in [9.17, 15) is 8.42 Å². The monoisotopic (exact) mass is 380 g/mol. The van der Waals surface area contributed by atoms with Crippen LogP contribution in [0, 0.1) is 0 Å². The summed E-state index contributed by atoms with van der Waals surface area (Å²) in [7, 11) is -1.93. The molecular formula is C13H21BrN2O4S. The largest absolute Gasteiger partial charge is 0.452 e. The first-order chi connectivity index (χ1) is 9.98. The average molecular weight is 381 g/mol. The third kappa shape index (κ3) is 3.87. The predicted octanol–water partition coefficient (Wildman–Crippen LogP) is 1.95. The van der Waals surface area contributed by atoms with Crippen molar-refractivity contribution in [2.24, 2.45) is 0 Å². The van der Waals surface area contributed by atoms with Crippen molar-refractivity contribution in [3.8, 4) is 0 Å². The van der Waals surface area contributed by atoms with Crippen LogP contribution >= 0.6 is 15.9 Å². The molecule has 0 spiro atoms. The third-order valence-electron chi connectivity index (χ3n) is 3.49. The minimum absolute atomic E-state index is 0.0313. The molecule has 1 N–H and O–H groups in total. The van der Waals surface area contributed by atoms with Crippen LogP contribution in [0.3, 0.4) is 0 Å². The summed E-state index contributed by atoms with van der Waals surface area (Å²) < 4.78 is 37.6. The summed E-state index contributed by atoms with van der Waals surface area (Å²) >= 11 is 3.21. The number of nitrogens with zero attached hydrogens (tertiary/aromatic N) is 1. The van der Waals surface area contributed by atoms with Crippen molar-refractivity contribution in [2.45, 2.75) is 37.3 Å². The van der Waals surface area contributed by atoms with Crippen LogP contribution in [0.15, 0.2) is 20.0 Å². The Kier molecular flexibility index (Phi) is 5.84. The minimum Gasteiger partial charge on any atom is -0.452 e. The van der Waals surface area contributed by atoms with Crippen LogP contribution in [-0.2, 0) is 21.3 Å². The van der Waals surface area contributed by atoms with Gasteiger partial charge in [0.05, 0.1) is 12.6 Å². The molecule has 0 radical (unpaired) electrons. The Morgan fingerprint density at radius 3 is 2.95 bits per heavy atom. The molecule has 1 saturated heterocycles. The molecule has 2 rings (SSSR count). The van der Waals surface area contributed by atoms with E-state index in [2.05, 4.69) is 28.2 Å². The molecule has 0 aliphatic carbocycles. The minimum atomic E-state index is -3.54. The molecule has 0 amide bonds. The Labute approximate surface area is 134 Å². The average Bonchev–Trinajstić information content (AvgIpc) is 3.06. The lowest BCUT2D eigenvalue weighted by molar-refractivity contribution is 0.115. The normalized spacial score (nSPS) is 20.2. The first-order valence-corrected chi connectivity index (χ1v) is 9.24. The smallest absolute Gasteiger partial charge is 0.247 e. The zero-order valence-electron chi connectivity index (χ0n) is 12.3. The molecule has 2 heterocycles. The second-order valence-corrected chi connectivity index (χ2v) is 7.66. The van der Waals surface area contributed by atoms with Gasteiger partial charge in [0.2, 0.25) is 10.0 Å². The number of halogens is 1. The fourth-order valence-electron chi connectivity index (χ4n) is 2.30. The molecule has 1 aliphatic rings. The van der Waals surface area contributed by atoms with Crippen LogP contribution in [0.5, 0.6) is 0 Å². The summed E-state index contributed by atoms with van der Waals surface area (Å²) in [5.41, 5.74) is 0. The Hall–Kier alpha value is -0.410. The molecule has 1 aliphatic heterocycles. The number of hydrogen-bond donors (Lipinski definition) is 1. The van der Waals surface area contributed by atoms with Crippen molar-refractivity contribution in [1.82, 2.24) is 9.62 Å². The van der Waals surface area contributed by atoms with Gasteiger partial charge in [-0.1, -0.05) is 6.92 Å². The molecule has 0 aromatic carbocycles. The zero-order valence-corrected chi connectivity index (χ0v) is 14.7. The quantitative estimate of drug-likeness (QED) is 0.731. The molecule has 1 atom stereocenters. The molecular weight excluding hydrogens is 360 g/mol. The molecule has 1 unspecified atom stereocenters. The van der Waals surface area contributed by atoms with Gasteiger partial charge < -0.3 is 14.5 Å². The summed E-state index contributed by atoms with van der Waals surface area (Å²) in [5.74, 6) is 0.608. The summed E-state index contributed by atoms with van der Waals surface area (Å²) in [6.45, 7) is 4.31. The molecule has 8 heteroatoms. The highest BCUT2D eigenvalue weighted by atomic mass is 79.9. The van der Waals surface area contributed by atoms with Crippen LogP contribution < -0.4 is 5.32 Å². The lowest BCUT2D eigenvalue weighted by Gasteiger charge is -2.15. The molecule has 0 bridgehead atoms. The topological polar surface area (TPSA) is 71.8 Å². The maximum atomic E-state index is 12.6. The van der Waals surface area contributed by atoms with Crippen molar-refractivity contribution in [3.05, 3.63) is 16.5 Å². The van der Waals surface area contributed by atoms with E-state index in [1.165, 1.54) is 4.31 Å². The van der Waals surface area contributed by atoms with Gasteiger partial charge in [0.1, 0.15) is 10.7 Å². The van der Waals surface area contributed by atoms with Crippen LogP contribution in [0.2, 0.25) is 0 Å². The van der Waals surface area contributed by atoms with Crippen LogP contribution in [0.25, 0.3) is 0 Å². The molecule has 1 aromatic heterocycles. The lowest BCUT2D eigenvalue weighted by atomic mass is 10.3. The van der Waals surface area contributed by atoms with E-state index < -0.39 is 10.0 Å². The van der Waals surface area contributed by atoms with Gasteiger partial charge in [-0.2, -0.15) is 4.31 Å². The van der Waals surface area contributed by atoms with Crippen molar-refractivity contribution in [2.75, 3.05) is 26.7 Å². The van der Waals surface area contributed by atoms with E-state index in [-0.39, 0.29) is 15.7 Å². The molecule has 6 nitrogen and oxygen atoms in total. The molecule has 1 fully saturated rings. The second-order valence-electron chi connectivity index (χ2n) is 5.04. The summed E-state index contributed by atoms with van der Waals surface area (Å²) in [6.07, 6.45) is 1.70. The number of ether oxygens (including phenoxy) is 1. The zero-order chi connectivity index (χ0) is 15.5. The van der Waals surface area contributed by atoms with Gasteiger partial charge in [-0.3, -0.25) is 0 Å². The maximum Gasteiger partial charge on any atom is 0.247 e. The van der Waals surface area contributed by atoms with Crippen molar-refractivity contribution >= 4 is 26.0 Å². The van der Waals surface area contributed by atoms with Gasteiger partial charge in [0, 0.05) is 26.3 Å². The molecule has 0 saturated carbocycles. The number of hydrogen-bond acceptors (Lipinski definition) is 5. The molecule has 120 valence electrons. The van der Waals surface area contributed by atoms with Crippen LogP contribution in [0.4, 0.5) is 0 Å². The van der Waals surface area contributed by atoms with E-state index in [1.54, 1.807) is 13.2 Å². The highest BCUT2D eigenvalue weighted by molar-refractivity contribution is 9.10. The van der Waals surface area contributed by atoms with Gasteiger partial charge in [-0.05, 0) is 35.3 Å². The standard InChI is InChI=1S/C13H21BrN2O4S/c1-3-5-15-8-11-7-12(13(14)20-11)21(17,18)16-6-4-10(9-16)19-2/h7,10,15H,3-6,8-9H2,1-2H3. The van der Waals surface area contributed by atoms with Crippen molar-refractivity contribution in [3.63, 3.8) is 0 Å². The van der Waals surface area contributed by atoms with Gasteiger partial charge in [0.25, 0.3) is 0 Å². The summed E-state index contributed by atoms with van der Waals surface area (Å²) in [4.78, 5) is 0.188. The van der Waals surface area contributed by atoms with E-state index in [0.29, 0.717) is 25.4 Å². The van der Waals surface area contributed by atoms with Gasteiger partial charge in [-0.25, -0.2) is 8.42 Å². The molecule has 21 heavy (non-hydrogen) atoms. The predicted molar refractivity (Wildman–Crippen MR) is 82.6 cm³/mol. The van der Waals surface area contributed by atoms with E-state index in [1.807, 2.05) is 0 Å². The Morgan fingerprint density at radius 1 is 1.57 bits per heavy atom. The third-order valence-corrected chi connectivity index (χ3v) is 6.21. The van der Waals surface area contributed by atoms with Gasteiger partial charge >= 0.3 is 0 Å². The first-order valence-electron chi connectivity index (χ1n) is 7.01. The highest BCUT2D eigenvalue weighted by Crippen LogP contribution is 2.30. The number of nitrogens with one attached hydrogen (secondary N) is 1. The Morgan fingerprint density at radius 2 is 2.33 bits per heavy atom. The number of furan rings is 1. The van der Waals surface area contributed by atoms with Crippen molar-refractivity contribution in [1.29, 1.82) is 0 Å². The summed E-state index contributed by atoms with van der Waals surface area (Å²) in [5, 5.41) is 3.19. The Bertz CT molecular complexity index is 573. The SMILES string of the molecule is CCCNCc1cc(S(=O)(=O)N2CCC(OC)C2)c(Br)o1. The van der Waals surface area contributed by atoms with E-state index >= 15 is 0 Å². The first kappa shape index (κ1) is 17.0. The summed E-state index contributed by atoms with van der Waals surface area (Å²) in [6, 6.07) is 1.59. The molecule has 1 aromatic rings. The van der Waals surface area contributed by atoms with E-state index in [4.69, 9.17) is 9.15 Å². The maximum absolute atomic E-state index is 12.6. The highest BCUT2D eigenvalue weighted by Gasteiger charge is 2.35. The van der Waals surface area contributed by atoms with Gasteiger partial charge in [-0.15, -0.1) is 0 Å². The Balaban J connectivity index is 2.13. The van der Waals surface area contributed by atoms with Crippen LogP contribution in [-0.4, -0.2) is 45.6 Å². The van der Waals surface area contributed by atoms with Crippen LogP contribution in [0.1, 0.15) is 25.5 Å². The fourth-order valence-corrected chi connectivity index (χ4v) is 4.74. The van der Waals surface area contributed by atoms with E-state index in [0.717, 1.165) is 19.4 Å². The fraction of sp³-hybridized carbons (Fsp3) is 0.692.